The van der Waals surface area contributed by atoms with Crippen molar-refractivity contribution in [2.24, 2.45) is 0 Å². The van der Waals surface area contributed by atoms with E-state index in [1.165, 1.54) is 13.0 Å². The van der Waals surface area contributed by atoms with Gasteiger partial charge in [0.2, 0.25) is 11.1 Å². The summed E-state index contributed by atoms with van der Waals surface area (Å²) in [5, 5.41) is 9.74. The molecule has 0 radical (unpaired) electrons. The minimum atomic E-state index is -0.396. The van der Waals surface area contributed by atoms with Gasteiger partial charge in [0.15, 0.2) is 11.6 Å². The first-order valence-corrected chi connectivity index (χ1v) is 8.72. The highest BCUT2D eigenvalue weighted by Gasteiger charge is 2.12. The summed E-state index contributed by atoms with van der Waals surface area (Å²) in [5.74, 6) is -0.252. The zero-order chi connectivity index (χ0) is 18.5. The van der Waals surface area contributed by atoms with Gasteiger partial charge >= 0.3 is 0 Å². The molecule has 0 saturated carbocycles. The number of aromatic amines is 1. The molecule has 1 amide bonds. The van der Waals surface area contributed by atoms with Gasteiger partial charge in [0.1, 0.15) is 5.82 Å². The van der Waals surface area contributed by atoms with Crippen LogP contribution in [0.3, 0.4) is 0 Å². The molecule has 0 aliphatic carbocycles. The lowest BCUT2D eigenvalue weighted by Crippen LogP contribution is -2.14. The van der Waals surface area contributed by atoms with Gasteiger partial charge in [-0.25, -0.2) is 9.37 Å². The summed E-state index contributed by atoms with van der Waals surface area (Å²) in [6.07, 6.45) is 0. The van der Waals surface area contributed by atoms with E-state index in [0.29, 0.717) is 27.8 Å². The van der Waals surface area contributed by atoms with Crippen molar-refractivity contribution in [3.05, 3.63) is 59.9 Å². The molecule has 26 heavy (non-hydrogen) atoms. The number of carbonyl (C=O) groups is 2. The number of amides is 1. The Labute approximate surface area is 153 Å². The van der Waals surface area contributed by atoms with Crippen molar-refractivity contribution in [3.8, 4) is 11.4 Å². The number of Topliss-reactive ketones (excluding diaryl/α,β-unsaturated/α-hetero) is 1. The van der Waals surface area contributed by atoms with E-state index in [2.05, 4.69) is 20.5 Å². The van der Waals surface area contributed by atoms with E-state index in [9.17, 15) is 14.0 Å². The van der Waals surface area contributed by atoms with E-state index >= 15 is 0 Å². The van der Waals surface area contributed by atoms with E-state index < -0.39 is 5.82 Å². The predicted octanol–water partition coefficient (Wildman–Crippen LogP) is 3.54. The smallest absolute Gasteiger partial charge is 0.234 e. The van der Waals surface area contributed by atoms with Crippen molar-refractivity contribution < 1.29 is 14.0 Å². The van der Waals surface area contributed by atoms with Gasteiger partial charge in [-0.1, -0.05) is 23.9 Å². The Morgan fingerprint density at radius 1 is 1.15 bits per heavy atom. The second kappa shape index (κ2) is 7.92. The number of hydrogen-bond donors (Lipinski definition) is 2. The number of rotatable bonds is 6. The molecular formula is C18H15FN4O2S. The molecule has 0 atom stereocenters. The lowest BCUT2D eigenvalue weighted by molar-refractivity contribution is -0.113. The number of aromatic nitrogens is 3. The second-order valence-electron chi connectivity index (χ2n) is 5.42. The Morgan fingerprint density at radius 3 is 2.58 bits per heavy atom. The van der Waals surface area contributed by atoms with Crippen LogP contribution in [0.15, 0.2) is 53.7 Å². The van der Waals surface area contributed by atoms with E-state index in [1.807, 2.05) is 0 Å². The number of thioether (sulfide) groups is 1. The van der Waals surface area contributed by atoms with Crippen LogP contribution in [-0.4, -0.2) is 32.6 Å². The third kappa shape index (κ3) is 4.34. The quantitative estimate of drug-likeness (QED) is 0.512. The highest BCUT2D eigenvalue weighted by molar-refractivity contribution is 7.99. The van der Waals surface area contributed by atoms with E-state index in [1.54, 1.807) is 42.5 Å². The number of benzene rings is 2. The van der Waals surface area contributed by atoms with Crippen LogP contribution < -0.4 is 5.32 Å². The third-order valence-electron chi connectivity index (χ3n) is 3.50. The normalized spacial score (nSPS) is 10.5. The summed E-state index contributed by atoms with van der Waals surface area (Å²) in [6, 6.07) is 12.9. The molecule has 0 fully saturated rings. The molecule has 6 nitrogen and oxygen atoms in total. The van der Waals surface area contributed by atoms with Gasteiger partial charge in [0, 0.05) is 11.3 Å². The molecule has 8 heteroatoms. The minimum Gasteiger partial charge on any atom is -0.325 e. The molecule has 0 unspecified atom stereocenters. The molecule has 0 bridgehead atoms. The summed E-state index contributed by atoms with van der Waals surface area (Å²) in [7, 11) is 0. The first kappa shape index (κ1) is 17.8. The summed E-state index contributed by atoms with van der Waals surface area (Å²) in [4.78, 5) is 27.4. The number of H-pyrrole nitrogens is 1. The van der Waals surface area contributed by atoms with Gasteiger partial charge in [0.05, 0.1) is 11.3 Å². The number of nitrogens with one attached hydrogen (secondary N) is 2. The van der Waals surface area contributed by atoms with Crippen LogP contribution in [-0.2, 0) is 4.79 Å². The highest BCUT2D eigenvalue weighted by atomic mass is 32.2. The maximum absolute atomic E-state index is 13.7. The van der Waals surface area contributed by atoms with Crippen molar-refractivity contribution in [2.45, 2.75) is 12.1 Å². The number of nitrogens with zero attached hydrogens (tertiary/aromatic N) is 2. The Bertz CT molecular complexity index is 940. The fraction of sp³-hybridized carbons (Fsp3) is 0.111. The number of hydrogen-bond acceptors (Lipinski definition) is 5. The molecule has 1 heterocycles. The minimum absolute atomic E-state index is 0.0336. The van der Waals surface area contributed by atoms with E-state index in [0.717, 1.165) is 11.8 Å². The monoisotopic (exact) mass is 370 g/mol. The summed E-state index contributed by atoms with van der Waals surface area (Å²) >= 11 is 1.14. The molecule has 1 aromatic heterocycles. The van der Waals surface area contributed by atoms with Crippen LogP contribution in [0.4, 0.5) is 10.1 Å². The molecular weight excluding hydrogens is 355 g/mol. The average Bonchev–Trinajstić information content (AvgIpc) is 3.09. The number of ketones is 1. The van der Waals surface area contributed by atoms with Gasteiger partial charge in [-0.2, -0.15) is 0 Å². The van der Waals surface area contributed by atoms with Gasteiger partial charge in [0.25, 0.3) is 0 Å². The molecule has 3 aromatic rings. The van der Waals surface area contributed by atoms with Crippen molar-refractivity contribution in [2.75, 3.05) is 11.1 Å². The van der Waals surface area contributed by atoms with Crippen LogP contribution in [0.2, 0.25) is 0 Å². The lowest BCUT2D eigenvalue weighted by Gasteiger charge is -2.04. The standard InChI is InChI=1S/C18H15FN4O2S/c1-11(24)12-6-8-13(9-7-12)20-16(25)10-26-18-21-17(22-23-18)14-4-2-3-5-15(14)19/h2-9H,10H2,1H3,(H,20,25)(H,21,22,23). The molecule has 132 valence electrons. The van der Waals surface area contributed by atoms with Gasteiger partial charge in [-0.3, -0.25) is 14.7 Å². The van der Waals surface area contributed by atoms with Crippen LogP contribution in [0.5, 0.6) is 0 Å². The second-order valence-corrected chi connectivity index (χ2v) is 6.36. The van der Waals surface area contributed by atoms with Crippen molar-refractivity contribution >= 4 is 29.1 Å². The van der Waals surface area contributed by atoms with E-state index in [-0.39, 0.29) is 17.4 Å². The Morgan fingerprint density at radius 2 is 1.88 bits per heavy atom. The number of halogens is 1. The zero-order valence-corrected chi connectivity index (χ0v) is 14.6. The fourth-order valence-electron chi connectivity index (χ4n) is 2.20. The van der Waals surface area contributed by atoms with Crippen molar-refractivity contribution in [1.29, 1.82) is 0 Å². The Kier molecular flexibility index (Phi) is 5.43. The highest BCUT2D eigenvalue weighted by Crippen LogP contribution is 2.21. The third-order valence-corrected chi connectivity index (χ3v) is 4.35. The topological polar surface area (TPSA) is 87.7 Å². The fourth-order valence-corrected chi connectivity index (χ4v) is 2.80. The molecule has 2 aromatic carbocycles. The Hall–Kier alpha value is -3.00. The van der Waals surface area contributed by atoms with Crippen LogP contribution in [0.1, 0.15) is 17.3 Å². The summed E-state index contributed by atoms with van der Waals surface area (Å²) < 4.78 is 13.7. The van der Waals surface area contributed by atoms with E-state index in [4.69, 9.17) is 0 Å². The van der Waals surface area contributed by atoms with Gasteiger partial charge in [-0.05, 0) is 43.3 Å². The van der Waals surface area contributed by atoms with Crippen LogP contribution >= 0.6 is 11.8 Å². The molecule has 3 rings (SSSR count). The maximum atomic E-state index is 13.7. The average molecular weight is 370 g/mol. The van der Waals surface area contributed by atoms with Gasteiger partial charge in [-0.15, -0.1) is 5.10 Å². The summed E-state index contributed by atoms with van der Waals surface area (Å²) in [5.41, 5.74) is 1.50. The van der Waals surface area contributed by atoms with Gasteiger partial charge < -0.3 is 5.32 Å². The van der Waals surface area contributed by atoms with Crippen LogP contribution in [0, 0.1) is 5.82 Å². The largest absolute Gasteiger partial charge is 0.325 e. The molecule has 0 aliphatic heterocycles. The first-order chi connectivity index (χ1) is 12.5. The molecule has 0 saturated heterocycles. The molecule has 0 spiro atoms. The zero-order valence-electron chi connectivity index (χ0n) is 13.8. The molecule has 2 N–H and O–H groups in total. The predicted molar refractivity (Wildman–Crippen MR) is 97.6 cm³/mol. The maximum Gasteiger partial charge on any atom is 0.234 e. The summed E-state index contributed by atoms with van der Waals surface area (Å²) in [6.45, 7) is 1.48. The van der Waals surface area contributed by atoms with Crippen LogP contribution in [0.25, 0.3) is 11.4 Å². The Balaban J connectivity index is 1.56. The lowest BCUT2D eigenvalue weighted by atomic mass is 10.1. The SMILES string of the molecule is CC(=O)c1ccc(NC(=O)CSc2n[nH]c(-c3ccccc3F)n2)cc1. The first-order valence-electron chi connectivity index (χ1n) is 7.74. The number of carbonyl (C=O) groups excluding carboxylic acids is 2. The van der Waals surface area contributed by atoms with Crippen molar-refractivity contribution in [3.63, 3.8) is 0 Å². The number of anilines is 1. The van der Waals surface area contributed by atoms with Crippen molar-refractivity contribution in [1.82, 2.24) is 15.2 Å². The molecule has 0 aliphatic rings.